The van der Waals surface area contributed by atoms with Crippen molar-refractivity contribution < 1.29 is 4.42 Å². The minimum atomic E-state index is 0.646. The molecule has 0 bridgehead atoms. The summed E-state index contributed by atoms with van der Waals surface area (Å²) in [4.78, 5) is 6.37. The molecule has 4 heteroatoms. The predicted molar refractivity (Wildman–Crippen MR) is 71.1 cm³/mol. The van der Waals surface area contributed by atoms with Gasteiger partial charge in [-0.1, -0.05) is 26.0 Å². The van der Waals surface area contributed by atoms with Crippen LogP contribution in [0.3, 0.4) is 0 Å². The van der Waals surface area contributed by atoms with E-state index in [1.807, 2.05) is 18.9 Å². The summed E-state index contributed by atoms with van der Waals surface area (Å²) < 4.78 is 5.42. The maximum Gasteiger partial charge on any atom is 0.297 e. The van der Waals surface area contributed by atoms with Gasteiger partial charge in [-0.15, -0.1) is 0 Å². The summed E-state index contributed by atoms with van der Waals surface area (Å²) >= 11 is 0. The molecule has 1 aromatic rings. The third-order valence-electron chi connectivity index (χ3n) is 2.23. The standard InChI is InChI=1S/C13H23N3O/c1-10(2)6-14-7-12-9-17-13(15-12)16(5)8-11(3)4/h9-10,14H,3,6-8H2,1-2,4-5H3. The lowest BCUT2D eigenvalue weighted by Gasteiger charge is -2.13. The highest BCUT2D eigenvalue weighted by Gasteiger charge is 2.08. The fraction of sp³-hybridized carbons (Fsp3) is 0.615. The van der Waals surface area contributed by atoms with Crippen molar-refractivity contribution in [3.63, 3.8) is 0 Å². The Morgan fingerprint density at radius 2 is 2.29 bits per heavy atom. The molecule has 17 heavy (non-hydrogen) atoms. The Bertz CT molecular complexity index is 357. The third kappa shape index (κ3) is 5.04. The summed E-state index contributed by atoms with van der Waals surface area (Å²) in [5, 5.41) is 3.34. The predicted octanol–water partition coefficient (Wildman–Crippen LogP) is 2.43. The van der Waals surface area contributed by atoms with Crippen LogP contribution in [-0.4, -0.2) is 25.1 Å². The molecule has 0 aromatic carbocycles. The fourth-order valence-electron chi connectivity index (χ4n) is 1.51. The molecule has 1 heterocycles. The summed E-state index contributed by atoms with van der Waals surface area (Å²) in [7, 11) is 1.95. The lowest BCUT2D eigenvalue weighted by molar-refractivity contribution is 0.537. The Kier molecular flexibility index (Phi) is 5.22. The maximum absolute atomic E-state index is 5.42. The number of nitrogens with zero attached hydrogens (tertiary/aromatic N) is 2. The molecule has 0 fully saturated rings. The van der Waals surface area contributed by atoms with Gasteiger partial charge in [-0.05, 0) is 19.4 Å². The highest BCUT2D eigenvalue weighted by Crippen LogP contribution is 2.12. The Labute approximate surface area is 104 Å². The van der Waals surface area contributed by atoms with E-state index < -0.39 is 0 Å². The van der Waals surface area contributed by atoms with Crippen molar-refractivity contribution in [3.05, 3.63) is 24.1 Å². The first kappa shape index (κ1) is 13.8. The van der Waals surface area contributed by atoms with Crippen LogP contribution >= 0.6 is 0 Å². The molecule has 0 aliphatic heterocycles. The van der Waals surface area contributed by atoms with Crippen LogP contribution in [0.1, 0.15) is 26.5 Å². The molecule has 4 nitrogen and oxygen atoms in total. The summed E-state index contributed by atoms with van der Waals surface area (Å²) in [6.45, 7) is 12.7. The monoisotopic (exact) mass is 237 g/mol. The largest absolute Gasteiger partial charge is 0.432 e. The highest BCUT2D eigenvalue weighted by atomic mass is 16.4. The lowest BCUT2D eigenvalue weighted by atomic mass is 10.2. The first-order valence-corrected chi connectivity index (χ1v) is 5.99. The topological polar surface area (TPSA) is 41.3 Å². The summed E-state index contributed by atoms with van der Waals surface area (Å²) in [5.74, 6) is 0.646. The summed E-state index contributed by atoms with van der Waals surface area (Å²) in [6.07, 6.45) is 1.71. The Morgan fingerprint density at radius 3 is 2.88 bits per heavy atom. The van der Waals surface area contributed by atoms with Crippen molar-refractivity contribution >= 4 is 6.01 Å². The van der Waals surface area contributed by atoms with Gasteiger partial charge in [0.1, 0.15) is 6.26 Å². The molecular formula is C13H23N3O. The minimum Gasteiger partial charge on any atom is -0.432 e. The number of anilines is 1. The SMILES string of the molecule is C=C(C)CN(C)c1nc(CNCC(C)C)co1. The van der Waals surface area contributed by atoms with Crippen LogP contribution < -0.4 is 10.2 Å². The van der Waals surface area contributed by atoms with Crippen LogP contribution in [0.25, 0.3) is 0 Å². The van der Waals surface area contributed by atoms with Crippen LogP contribution in [0.15, 0.2) is 22.8 Å². The molecular weight excluding hydrogens is 214 g/mol. The Morgan fingerprint density at radius 1 is 1.59 bits per heavy atom. The fourth-order valence-corrected chi connectivity index (χ4v) is 1.51. The zero-order valence-corrected chi connectivity index (χ0v) is 11.3. The van der Waals surface area contributed by atoms with Crippen LogP contribution in [0.5, 0.6) is 0 Å². The van der Waals surface area contributed by atoms with Gasteiger partial charge in [0, 0.05) is 20.1 Å². The molecule has 1 rings (SSSR count). The third-order valence-corrected chi connectivity index (χ3v) is 2.23. The molecule has 1 N–H and O–H groups in total. The zero-order chi connectivity index (χ0) is 12.8. The minimum absolute atomic E-state index is 0.646. The van der Waals surface area contributed by atoms with Crippen molar-refractivity contribution in [1.82, 2.24) is 10.3 Å². The first-order chi connectivity index (χ1) is 7.99. The van der Waals surface area contributed by atoms with Gasteiger partial charge >= 0.3 is 0 Å². The molecule has 0 radical (unpaired) electrons. The van der Waals surface area contributed by atoms with Crippen LogP contribution in [-0.2, 0) is 6.54 Å². The summed E-state index contributed by atoms with van der Waals surface area (Å²) in [5.41, 5.74) is 2.03. The smallest absolute Gasteiger partial charge is 0.297 e. The van der Waals surface area contributed by atoms with E-state index in [2.05, 4.69) is 30.7 Å². The number of aromatic nitrogens is 1. The van der Waals surface area contributed by atoms with E-state index in [1.165, 1.54) is 0 Å². The van der Waals surface area contributed by atoms with Crippen molar-refractivity contribution in [2.45, 2.75) is 27.3 Å². The van der Waals surface area contributed by atoms with Crippen molar-refractivity contribution in [2.24, 2.45) is 5.92 Å². The van der Waals surface area contributed by atoms with E-state index in [0.29, 0.717) is 11.9 Å². The number of rotatable bonds is 7. The van der Waals surface area contributed by atoms with Gasteiger partial charge in [-0.25, -0.2) is 0 Å². The van der Waals surface area contributed by atoms with Gasteiger partial charge < -0.3 is 14.6 Å². The molecule has 0 saturated carbocycles. The van der Waals surface area contributed by atoms with E-state index in [0.717, 1.165) is 30.9 Å². The van der Waals surface area contributed by atoms with Crippen molar-refractivity contribution in [1.29, 1.82) is 0 Å². The molecule has 0 spiro atoms. The highest BCUT2D eigenvalue weighted by molar-refractivity contribution is 5.28. The van der Waals surface area contributed by atoms with E-state index in [9.17, 15) is 0 Å². The number of nitrogens with one attached hydrogen (secondary N) is 1. The first-order valence-electron chi connectivity index (χ1n) is 5.99. The van der Waals surface area contributed by atoms with Gasteiger partial charge in [-0.2, -0.15) is 4.98 Å². The molecule has 0 atom stereocenters. The number of oxazole rings is 1. The Balaban J connectivity index is 2.44. The van der Waals surface area contributed by atoms with Crippen molar-refractivity contribution in [2.75, 3.05) is 25.0 Å². The van der Waals surface area contributed by atoms with Crippen molar-refractivity contribution in [3.8, 4) is 0 Å². The quantitative estimate of drug-likeness (QED) is 0.740. The maximum atomic E-state index is 5.42. The van der Waals surface area contributed by atoms with E-state index in [-0.39, 0.29) is 0 Å². The van der Waals surface area contributed by atoms with Crippen LogP contribution in [0, 0.1) is 5.92 Å². The van der Waals surface area contributed by atoms with E-state index in [1.54, 1.807) is 6.26 Å². The number of hydrogen-bond donors (Lipinski definition) is 1. The molecule has 0 saturated heterocycles. The van der Waals surface area contributed by atoms with Gasteiger partial charge in [0.05, 0.1) is 5.69 Å². The van der Waals surface area contributed by atoms with E-state index in [4.69, 9.17) is 4.42 Å². The van der Waals surface area contributed by atoms with Crippen LogP contribution in [0.2, 0.25) is 0 Å². The Hall–Kier alpha value is -1.29. The average molecular weight is 237 g/mol. The van der Waals surface area contributed by atoms with Gasteiger partial charge in [0.15, 0.2) is 0 Å². The van der Waals surface area contributed by atoms with Crippen LogP contribution in [0.4, 0.5) is 6.01 Å². The second-order valence-corrected chi connectivity index (χ2v) is 4.96. The number of likely N-dealkylation sites (N-methyl/N-ethyl adjacent to an activating group) is 1. The zero-order valence-electron chi connectivity index (χ0n) is 11.3. The molecule has 0 unspecified atom stereocenters. The van der Waals surface area contributed by atoms with Gasteiger partial charge in [-0.3, -0.25) is 0 Å². The number of hydrogen-bond acceptors (Lipinski definition) is 4. The average Bonchev–Trinajstić information content (AvgIpc) is 2.64. The van der Waals surface area contributed by atoms with Gasteiger partial charge in [0.2, 0.25) is 0 Å². The second-order valence-electron chi connectivity index (χ2n) is 4.96. The molecule has 0 aliphatic carbocycles. The normalized spacial score (nSPS) is 10.9. The summed E-state index contributed by atoms with van der Waals surface area (Å²) in [6, 6.07) is 0.648. The molecule has 96 valence electrons. The molecule has 0 amide bonds. The lowest BCUT2D eigenvalue weighted by Crippen LogP contribution is -2.20. The molecule has 1 aromatic heterocycles. The molecule has 0 aliphatic rings. The van der Waals surface area contributed by atoms with E-state index >= 15 is 0 Å². The van der Waals surface area contributed by atoms with Gasteiger partial charge in [0.25, 0.3) is 6.01 Å². The second kappa shape index (κ2) is 6.45.